The zero-order valence-corrected chi connectivity index (χ0v) is 68.5. The summed E-state index contributed by atoms with van der Waals surface area (Å²) in [6, 6.07) is 41.3. The summed E-state index contributed by atoms with van der Waals surface area (Å²) < 4.78 is 201. The van der Waals surface area contributed by atoms with E-state index in [1.54, 1.807) is 103 Å². The van der Waals surface area contributed by atoms with E-state index in [4.69, 9.17) is 70.3 Å². The van der Waals surface area contributed by atoms with Gasteiger partial charge in [-0.05, 0) is 92.4 Å². The highest BCUT2D eigenvalue weighted by atomic mass is 19.2. The van der Waals surface area contributed by atoms with Crippen LogP contribution in [0.2, 0.25) is 0 Å². The first-order valence-electron chi connectivity index (χ1n) is 40.8. The number of ether oxygens (including phenoxy) is 10. The molecule has 666 valence electrons. The van der Waals surface area contributed by atoms with E-state index in [2.05, 4.69) is 42.2 Å². The molecule has 10 N–H and O–H groups in total. The standard InChI is InChI=1S/C22H22F2N2O3.C22H20F2N2O3.C15H17F2N3O4.C15H19F2N3O2.C15H18F2N2O2/c2*1-2-17-19-18(12-28-17)29-21(25-20(27)14-8-4-3-5-9-14)26-22(19,13-23)15-10-6-7-11-16(15)24;1-2-11-13-12(6-23-11)24-14(18)19-15(13,7-16)9-5-8(20(21)22)3-4-10(9)17;1-2-11-13-12(6-21-11)22-14(19)20-15(13,7-16)9-5-8(18)3-4-10(9)17;1-2-11-13-12(7-20-11)21-14(18)19-15(13,8-16)9-5-3-4-6-10(9)17/h3-11,17-19H,2,12-13H2,1H3,(H,25,26,27);2-11,17-19H,1,12-13H2,(H,25,26,27);3-5,11-13H,2,6-7H2,1H3,(H2,18,19);3-5,11-13H,2,6-7,18H2,1H3,(H2,19,20);3-6,11-13H,2,7-8H2,1H3,(H2,18,19)/t2*17-,18+,19-,22+;3*11-,12+,13-,15+/m00000/s1. The number of benzene rings is 7. The molecule has 5 fully saturated rings. The number of hydrogen-bond donors (Lipinski definition) is 6. The number of alkyl halides is 5. The minimum atomic E-state index is -1.71. The first kappa shape index (κ1) is 91.0. The van der Waals surface area contributed by atoms with Crippen LogP contribution in [0, 0.1) is 68.8 Å². The maximum Gasteiger partial charge on any atom is 0.293 e. The number of nitro groups is 1. The Bertz CT molecular complexity index is 5190. The Morgan fingerprint density at radius 1 is 0.408 bits per heavy atom. The normalized spacial score (nSPS) is 31.1. The number of nitrogens with zero attached hydrogens (tertiary/aromatic N) is 6. The smallest absolute Gasteiger partial charge is 0.293 e. The number of aliphatic imine (C=N–C) groups is 5. The van der Waals surface area contributed by atoms with Crippen molar-refractivity contribution in [1.82, 2.24) is 10.6 Å². The van der Waals surface area contributed by atoms with Crippen molar-refractivity contribution in [3.8, 4) is 0 Å². The fourth-order valence-corrected chi connectivity index (χ4v) is 18.8. The van der Waals surface area contributed by atoms with Crippen LogP contribution in [0.1, 0.15) is 102 Å². The number of carbonyl (C=O) groups excluding carboxylic acids is 2. The van der Waals surface area contributed by atoms with Crippen LogP contribution in [0.4, 0.5) is 55.3 Å². The lowest BCUT2D eigenvalue weighted by atomic mass is 9.73. The number of rotatable bonds is 18. The van der Waals surface area contributed by atoms with Gasteiger partial charge < -0.3 is 70.3 Å². The van der Waals surface area contributed by atoms with Gasteiger partial charge in [-0.25, -0.2) is 68.9 Å². The second-order valence-electron chi connectivity index (χ2n) is 31.3. The zero-order valence-electron chi connectivity index (χ0n) is 68.5. The highest BCUT2D eigenvalue weighted by molar-refractivity contribution is 6.05. The minimum Gasteiger partial charge on any atom is -0.459 e. The van der Waals surface area contributed by atoms with Crippen molar-refractivity contribution in [2.45, 2.75) is 142 Å². The van der Waals surface area contributed by atoms with Crippen molar-refractivity contribution in [1.29, 1.82) is 0 Å². The molecule has 10 aliphatic heterocycles. The van der Waals surface area contributed by atoms with Gasteiger partial charge in [0.25, 0.3) is 47.6 Å². The van der Waals surface area contributed by atoms with Gasteiger partial charge in [0, 0.05) is 56.8 Å². The number of amidine groups is 5. The lowest BCUT2D eigenvalue weighted by molar-refractivity contribution is -0.385. The molecule has 2 amide bonds. The van der Waals surface area contributed by atoms with Gasteiger partial charge in [0.2, 0.25) is 0 Å². The maximum absolute atomic E-state index is 14.7. The number of non-ortho nitro benzene ring substituents is 1. The van der Waals surface area contributed by atoms with E-state index >= 15 is 0 Å². The van der Waals surface area contributed by atoms with E-state index < -0.39 is 179 Å². The highest BCUT2D eigenvalue weighted by Crippen LogP contribution is 2.54. The lowest BCUT2D eigenvalue weighted by Crippen LogP contribution is -2.53. The van der Waals surface area contributed by atoms with Gasteiger partial charge >= 0.3 is 0 Å². The monoisotopic (exact) mass is 1750 g/mol. The van der Waals surface area contributed by atoms with Crippen molar-refractivity contribution >= 4 is 53.3 Å². The van der Waals surface area contributed by atoms with E-state index in [9.17, 15) is 63.6 Å². The Morgan fingerprint density at radius 3 is 1.05 bits per heavy atom. The third kappa shape index (κ3) is 17.6. The average molecular weight is 1750 g/mol. The second kappa shape index (κ2) is 38.8. The molecule has 7 aromatic rings. The molecule has 20 atom stereocenters. The lowest BCUT2D eigenvalue weighted by Gasteiger charge is -2.42. The summed E-state index contributed by atoms with van der Waals surface area (Å²) >= 11 is 0. The molecule has 125 heavy (non-hydrogen) atoms. The van der Waals surface area contributed by atoms with E-state index in [-0.39, 0.29) is 108 Å². The van der Waals surface area contributed by atoms with Gasteiger partial charge in [0.15, 0.2) is 0 Å². The van der Waals surface area contributed by atoms with E-state index in [1.807, 2.05) is 27.7 Å². The second-order valence-corrected chi connectivity index (χ2v) is 31.3. The summed E-state index contributed by atoms with van der Waals surface area (Å²) in [7, 11) is 0. The van der Waals surface area contributed by atoms with Crippen molar-refractivity contribution < 1.29 is 106 Å². The molecular weight excluding hydrogens is 1650 g/mol. The largest absolute Gasteiger partial charge is 0.459 e. The first-order chi connectivity index (χ1) is 60.2. The number of fused-ring (bicyclic) bond motifs is 5. The predicted molar refractivity (Wildman–Crippen MR) is 441 cm³/mol. The molecule has 0 radical (unpaired) electrons. The number of amides is 2. The van der Waals surface area contributed by atoms with Crippen molar-refractivity contribution in [2.24, 2.45) is 71.8 Å². The molecule has 36 heteroatoms. The van der Waals surface area contributed by atoms with E-state index in [0.717, 1.165) is 18.2 Å². The molecular formula is C89H96F10N12O14. The van der Waals surface area contributed by atoms with Gasteiger partial charge in [-0.1, -0.05) is 125 Å². The average Bonchev–Trinajstić information content (AvgIpc) is 1.68. The molecule has 0 saturated carbocycles. The predicted octanol–water partition coefficient (Wildman–Crippen LogP) is 12.9. The van der Waals surface area contributed by atoms with Crippen LogP contribution >= 0.6 is 0 Å². The molecule has 7 aromatic carbocycles. The third-order valence-electron chi connectivity index (χ3n) is 24.4. The summed E-state index contributed by atoms with van der Waals surface area (Å²) in [5.74, 6) is -6.47. The fraction of sp³-hybridized carbons (Fsp3) is 0.427. The maximum atomic E-state index is 14.7. The fourth-order valence-electron chi connectivity index (χ4n) is 18.8. The van der Waals surface area contributed by atoms with Crippen LogP contribution in [0.3, 0.4) is 0 Å². The minimum absolute atomic E-state index is 0.0876. The number of carbonyl (C=O) groups is 2. The highest BCUT2D eigenvalue weighted by Gasteiger charge is 2.63. The van der Waals surface area contributed by atoms with Crippen LogP contribution < -0.4 is 33.6 Å². The van der Waals surface area contributed by atoms with Crippen LogP contribution in [0.25, 0.3) is 0 Å². The Balaban J connectivity index is 0.000000135. The number of nitro benzene ring substituents is 1. The number of hydrogen-bond acceptors (Lipinski definition) is 23. The Morgan fingerprint density at radius 2 is 0.704 bits per heavy atom. The van der Waals surface area contributed by atoms with Crippen LogP contribution in [0.15, 0.2) is 207 Å². The molecule has 0 aliphatic carbocycles. The van der Waals surface area contributed by atoms with Crippen molar-refractivity contribution in [2.75, 3.05) is 72.1 Å². The third-order valence-corrected chi connectivity index (χ3v) is 24.4. The van der Waals surface area contributed by atoms with Crippen molar-refractivity contribution in [3.63, 3.8) is 0 Å². The van der Waals surface area contributed by atoms with Gasteiger partial charge in [-0.2, -0.15) is 0 Å². The van der Waals surface area contributed by atoms with Crippen molar-refractivity contribution in [3.05, 3.63) is 261 Å². The number of halogens is 10. The Kier molecular flexibility index (Phi) is 28.2. The Hall–Kier alpha value is -11.7. The molecule has 5 saturated heterocycles. The molecule has 10 heterocycles. The van der Waals surface area contributed by atoms with Gasteiger partial charge in [-0.15, -0.1) is 6.58 Å². The summed E-state index contributed by atoms with van der Waals surface area (Å²) in [6.07, 6.45) is -0.387. The molecule has 10 aliphatic rings. The molecule has 0 spiro atoms. The number of nitrogens with two attached hydrogens (primary N) is 4. The molecule has 17 rings (SSSR count). The molecule has 0 unspecified atom stereocenters. The summed E-state index contributed by atoms with van der Waals surface area (Å²) in [5.41, 5.74) is 16.2. The van der Waals surface area contributed by atoms with Gasteiger partial charge in [-0.3, -0.25) is 30.3 Å². The Labute approximate surface area is 713 Å². The molecule has 0 aromatic heterocycles. The molecule has 0 bridgehead atoms. The number of anilines is 1. The number of nitrogens with one attached hydrogen (secondary N) is 2. The van der Waals surface area contributed by atoms with E-state index in [1.165, 1.54) is 54.6 Å². The van der Waals surface area contributed by atoms with Crippen LogP contribution in [0.5, 0.6) is 0 Å². The van der Waals surface area contributed by atoms with Gasteiger partial charge in [0.1, 0.15) is 121 Å². The number of nitrogen functional groups attached to an aromatic ring is 1. The van der Waals surface area contributed by atoms with E-state index in [0.29, 0.717) is 49.1 Å². The van der Waals surface area contributed by atoms with Crippen LogP contribution in [-0.2, 0) is 75.1 Å². The SMILES string of the molecule is C=C[C@@H]1OC[C@H]2OC(NC(=O)c3ccccc3)=N[C@](CF)(c3ccccc3F)[C@@H]12.CC[C@@H]1OC[C@H]2OC(N)=N[C@](CF)(c3cc(N)ccc3F)[C@@H]12.CC[C@@H]1OC[C@H]2OC(N)=N[C@](CF)(c3cc([N+](=O)[O-])ccc3F)[C@@H]12.CC[C@@H]1OC[C@H]2OC(N)=N[C@](CF)(c3ccccc3F)[C@@H]12.CC[C@@H]1OC[C@H]2OC(NC(=O)c3ccccc3)=N[C@](CF)(c3ccccc3F)[C@@H]12. The zero-order chi connectivity index (χ0) is 89.3. The topological polar surface area (TPSA) is 360 Å². The summed E-state index contributed by atoms with van der Waals surface area (Å²) in [4.78, 5) is 56.7. The summed E-state index contributed by atoms with van der Waals surface area (Å²) in [5, 5.41) is 16.2. The summed E-state index contributed by atoms with van der Waals surface area (Å²) in [6.45, 7) is 7.77. The van der Waals surface area contributed by atoms with Crippen LogP contribution in [-0.4, -0.2) is 174 Å². The van der Waals surface area contributed by atoms with Gasteiger partial charge in [0.05, 0.1) is 98.1 Å². The molecule has 26 nitrogen and oxygen atoms in total. The quantitative estimate of drug-likeness (QED) is 0.0153. The first-order valence-corrected chi connectivity index (χ1v) is 40.8.